The highest BCUT2D eigenvalue weighted by Crippen LogP contribution is 2.37. The normalized spacial score (nSPS) is 18.2. The summed E-state index contributed by atoms with van der Waals surface area (Å²) in [6.45, 7) is 2.80. The maximum atomic E-state index is 14.1. The summed E-state index contributed by atoms with van der Waals surface area (Å²) in [5, 5.41) is 6.93. The first kappa shape index (κ1) is 37.0. The van der Waals surface area contributed by atoms with E-state index >= 15 is 0 Å². The van der Waals surface area contributed by atoms with E-state index in [0.717, 1.165) is 10.5 Å². The Labute approximate surface area is 319 Å². The number of benzene rings is 2. The summed E-state index contributed by atoms with van der Waals surface area (Å²) < 4.78 is 22.1. The number of nitrogens with one attached hydrogen (secondary N) is 1. The van der Waals surface area contributed by atoms with Gasteiger partial charge in [-0.1, -0.05) is 35.3 Å². The summed E-state index contributed by atoms with van der Waals surface area (Å²) in [5.41, 5.74) is 9.03. The largest absolute Gasteiger partial charge is 0.482 e. The van der Waals surface area contributed by atoms with Crippen LogP contribution in [0.5, 0.6) is 5.75 Å². The predicted molar refractivity (Wildman–Crippen MR) is 196 cm³/mol. The maximum Gasteiger partial charge on any atom is 0.262 e. The standard InChI is InChI=1S/C38H36Cl2FN7O6/c1-20(32-26(39)8-9-27(41)34(32)40)54-29-16-22(17-43-35(29)42)23-18-44-47(19-23)24-12-14-46(15-13-24)31(50)7-3-5-21-4-2-6-25-33(21)38(53)48(37(25)52)28-10-11-30(49)45-36(28)51/h2,4,6,8-9,16-20,24,28H,3,5,7,10-15H2,1H3,(H2,42,43)(H,45,49,51)/t20-,28?/m1/s1. The summed E-state index contributed by atoms with van der Waals surface area (Å²) in [6.07, 6.45) is 7.21. The molecule has 2 atom stereocenters. The third-order valence-corrected chi connectivity index (χ3v) is 10.9. The molecule has 3 aliphatic rings. The number of anilines is 1. The number of aryl methyl sites for hydroxylation is 1. The van der Waals surface area contributed by atoms with Crippen molar-refractivity contribution in [3.63, 3.8) is 0 Å². The Morgan fingerprint density at radius 1 is 1.06 bits per heavy atom. The molecule has 16 heteroatoms. The molecule has 0 saturated carbocycles. The molecule has 2 aromatic heterocycles. The number of aromatic nitrogens is 3. The molecule has 0 radical (unpaired) electrons. The molecule has 0 bridgehead atoms. The molecule has 54 heavy (non-hydrogen) atoms. The molecule has 2 saturated heterocycles. The molecule has 3 aliphatic heterocycles. The van der Waals surface area contributed by atoms with Gasteiger partial charge in [-0.25, -0.2) is 9.37 Å². The Morgan fingerprint density at radius 3 is 2.59 bits per heavy atom. The van der Waals surface area contributed by atoms with Crippen molar-refractivity contribution in [3.05, 3.63) is 93.1 Å². The predicted octanol–water partition coefficient (Wildman–Crippen LogP) is 5.70. The minimum atomic E-state index is -1.04. The number of likely N-dealkylation sites (tertiary alicyclic amines) is 1. The van der Waals surface area contributed by atoms with Crippen molar-refractivity contribution in [1.29, 1.82) is 0 Å². The van der Waals surface area contributed by atoms with Crippen LogP contribution in [0, 0.1) is 5.82 Å². The lowest BCUT2D eigenvalue weighted by atomic mass is 9.98. The fourth-order valence-electron chi connectivity index (χ4n) is 7.32. The number of fused-ring (bicyclic) bond motifs is 1. The van der Waals surface area contributed by atoms with E-state index in [0.29, 0.717) is 55.5 Å². The first-order valence-corrected chi connectivity index (χ1v) is 18.4. The smallest absolute Gasteiger partial charge is 0.262 e. The van der Waals surface area contributed by atoms with E-state index in [4.69, 9.17) is 33.7 Å². The molecule has 4 aromatic rings. The summed E-state index contributed by atoms with van der Waals surface area (Å²) in [6, 6.07) is 8.39. The van der Waals surface area contributed by atoms with Crippen molar-refractivity contribution in [3.8, 4) is 16.9 Å². The van der Waals surface area contributed by atoms with E-state index < -0.39 is 41.6 Å². The van der Waals surface area contributed by atoms with Crippen molar-refractivity contribution in [2.45, 2.75) is 70.1 Å². The van der Waals surface area contributed by atoms with Gasteiger partial charge in [-0.15, -0.1) is 0 Å². The van der Waals surface area contributed by atoms with Crippen LogP contribution in [-0.4, -0.2) is 73.2 Å². The van der Waals surface area contributed by atoms with Gasteiger partial charge >= 0.3 is 0 Å². The number of rotatable bonds is 10. The first-order valence-electron chi connectivity index (χ1n) is 17.6. The van der Waals surface area contributed by atoms with Crippen LogP contribution in [0.1, 0.15) is 89.4 Å². The van der Waals surface area contributed by atoms with E-state index in [1.807, 2.05) is 15.8 Å². The average Bonchev–Trinajstić information content (AvgIpc) is 3.74. The minimum absolute atomic E-state index is 0.00489. The number of amides is 5. The number of nitrogens with zero attached hydrogens (tertiary/aromatic N) is 5. The van der Waals surface area contributed by atoms with Crippen molar-refractivity contribution in [2.24, 2.45) is 0 Å². The zero-order valence-electron chi connectivity index (χ0n) is 29.2. The molecule has 1 unspecified atom stereocenters. The van der Waals surface area contributed by atoms with Crippen LogP contribution in [0.15, 0.2) is 55.0 Å². The molecule has 3 N–H and O–H groups in total. The number of nitrogen functional groups attached to an aromatic ring is 1. The van der Waals surface area contributed by atoms with Crippen molar-refractivity contribution >= 4 is 58.6 Å². The van der Waals surface area contributed by atoms with Gasteiger partial charge in [0, 0.05) is 60.0 Å². The van der Waals surface area contributed by atoms with Crippen LogP contribution in [0.4, 0.5) is 10.2 Å². The Hall–Kier alpha value is -5.34. The van der Waals surface area contributed by atoms with Crippen LogP contribution >= 0.6 is 23.2 Å². The SMILES string of the molecule is C[C@@H](Oc1cc(-c2cnn(C3CCN(C(=O)CCCc4cccc5c4C(=O)N(C4CCC(=O)NC4=O)C5=O)CC3)c2)cnc1N)c1c(Cl)ccc(F)c1Cl. The zero-order chi connectivity index (χ0) is 38.3. The number of hydrogen-bond donors (Lipinski definition) is 2. The summed E-state index contributed by atoms with van der Waals surface area (Å²) >= 11 is 12.5. The van der Waals surface area contributed by atoms with Crippen molar-refractivity contribution in [2.75, 3.05) is 18.8 Å². The third-order valence-electron chi connectivity index (χ3n) is 10.2. The van der Waals surface area contributed by atoms with Gasteiger partial charge in [0.05, 0.1) is 28.4 Å². The highest BCUT2D eigenvalue weighted by Gasteiger charge is 2.45. The number of imide groups is 2. The number of pyridine rings is 1. The van der Waals surface area contributed by atoms with E-state index in [2.05, 4.69) is 15.4 Å². The lowest BCUT2D eigenvalue weighted by Gasteiger charge is -2.32. The van der Waals surface area contributed by atoms with E-state index in [1.54, 1.807) is 43.6 Å². The van der Waals surface area contributed by atoms with Crippen LogP contribution in [0.3, 0.4) is 0 Å². The summed E-state index contributed by atoms with van der Waals surface area (Å²) in [4.78, 5) is 70.9. The monoisotopic (exact) mass is 775 g/mol. The van der Waals surface area contributed by atoms with E-state index in [9.17, 15) is 28.4 Å². The van der Waals surface area contributed by atoms with Gasteiger partial charge in [-0.05, 0) is 68.9 Å². The number of hydrogen-bond acceptors (Lipinski definition) is 9. The second kappa shape index (κ2) is 15.2. The molecule has 13 nitrogen and oxygen atoms in total. The Morgan fingerprint density at radius 2 is 1.83 bits per heavy atom. The van der Waals surface area contributed by atoms with Crippen LogP contribution in [-0.2, 0) is 20.8 Å². The molecule has 2 fully saturated rings. The summed E-state index contributed by atoms with van der Waals surface area (Å²) in [5.74, 6) is -2.37. The van der Waals surface area contributed by atoms with Gasteiger partial charge in [0.15, 0.2) is 11.6 Å². The van der Waals surface area contributed by atoms with Gasteiger partial charge in [0.1, 0.15) is 18.0 Å². The molecule has 0 spiro atoms. The van der Waals surface area contributed by atoms with Crippen LogP contribution in [0.25, 0.3) is 11.1 Å². The van der Waals surface area contributed by atoms with Gasteiger partial charge in [-0.3, -0.25) is 38.9 Å². The summed E-state index contributed by atoms with van der Waals surface area (Å²) in [7, 11) is 0. The number of piperidine rings is 2. The number of carbonyl (C=O) groups is 5. The molecule has 7 rings (SSSR count). The lowest BCUT2D eigenvalue weighted by molar-refractivity contribution is -0.136. The van der Waals surface area contributed by atoms with Gasteiger partial charge in [-0.2, -0.15) is 5.10 Å². The van der Waals surface area contributed by atoms with Crippen molar-refractivity contribution < 1.29 is 33.1 Å². The third kappa shape index (κ3) is 7.15. The Kier molecular flexibility index (Phi) is 10.4. The first-order chi connectivity index (χ1) is 25.9. The highest BCUT2D eigenvalue weighted by molar-refractivity contribution is 6.36. The van der Waals surface area contributed by atoms with Gasteiger partial charge < -0.3 is 15.4 Å². The van der Waals surface area contributed by atoms with E-state index in [1.165, 1.54) is 12.1 Å². The Balaban J connectivity index is 0.926. The van der Waals surface area contributed by atoms with Gasteiger partial charge in [0.25, 0.3) is 11.8 Å². The Bertz CT molecular complexity index is 2190. The molecular formula is C38H36Cl2FN7O6. The minimum Gasteiger partial charge on any atom is -0.482 e. The molecule has 2 aromatic carbocycles. The zero-order valence-corrected chi connectivity index (χ0v) is 30.7. The lowest BCUT2D eigenvalue weighted by Crippen LogP contribution is -2.54. The molecule has 280 valence electrons. The second-order valence-corrected chi connectivity index (χ2v) is 14.4. The molecule has 0 aliphatic carbocycles. The molecule has 5 heterocycles. The van der Waals surface area contributed by atoms with Crippen LogP contribution in [0.2, 0.25) is 10.0 Å². The van der Waals surface area contributed by atoms with E-state index in [-0.39, 0.29) is 64.0 Å². The maximum absolute atomic E-state index is 14.1. The second-order valence-electron chi connectivity index (χ2n) is 13.6. The highest BCUT2D eigenvalue weighted by atomic mass is 35.5. The number of halogens is 3. The fourth-order valence-corrected chi connectivity index (χ4v) is 8.00. The quantitative estimate of drug-likeness (QED) is 0.152. The average molecular weight is 777 g/mol. The number of ether oxygens (including phenoxy) is 1. The molecule has 5 amide bonds. The molecular weight excluding hydrogens is 740 g/mol. The van der Waals surface area contributed by atoms with Gasteiger partial charge in [0.2, 0.25) is 17.7 Å². The number of carbonyl (C=O) groups excluding carboxylic acids is 5. The topological polar surface area (TPSA) is 170 Å². The fraction of sp³-hybridized carbons (Fsp3) is 0.342. The number of nitrogens with two attached hydrogens (primary N) is 1. The van der Waals surface area contributed by atoms with Crippen molar-refractivity contribution in [1.82, 2.24) is 29.9 Å². The van der Waals surface area contributed by atoms with Crippen LogP contribution < -0.4 is 15.8 Å².